The van der Waals surface area contributed by atoms with Crippen LogP contribution in [0, 0.1) is 0 Å². The van der Waals surface area contributed by atoms with Gasteiger partial charge in [-0.05, 0) is 33.9 Å². The molecule has 1 fully saturated rings. The maximum absolute atomic E-state index is 5.89. The van der Waals surface area contributed by atoms with Crippen molar-refractivity contribution >= 4 is 0 Å². The number of nitrogens with zero attached hydrogens (tertiary/aromatic N) is 1. The first-order valence-corrected chi connectivity index (χ1v) is 5.21. The Morgan fingerprint density at radius 2 is 2.08 bits per heavy atom. The third-order valence-corrected chi connectivity index (χ3v) is 2.58. The van der Waals surface area contributed by atoms with Crippen LogP contribution < -0.4 is 5.32 Å². The van der Waals surface area contributed by atoms with Gasteiger partial charge < -0.3 is 15.0 Å². The SMILES string of the molecule is CNCC(C)OC1CCN(C)CC1. The molecule has 3 heteroatoms. The average Bonchev–Trinajstić information content (AvgIpc) is 2.09. The zero-order chi connectivity index (χ0) is 9.68. The lowest BCUT2D eigenvalue weighted by atomic mass is 10.1. The molecule has 0 aromatic carbocycles. The predicted molar refractivity (Wildman–Crippen MR) is 55.0 cm³/mol. The highest BCUT2D eigenvalue weighted by Gasteiger charge is 2.18. The fourth-order valence-electron chi connectivity index (χ4n) is 1.79. The quantitative estimate of drug-likeness (QED) is 0.699. The molecule has 1 rings (SSSR count). The summed E-state index contributed by atoms with van der Waals surface area (Å²) in [5.74, 6) is 0. The molecule has 3 nitrogen and oxygen atoms in total. The van der Waals surface area contributed by atoms with Gasteiger partial charge in [0.15, 0.2) is 0 Å². The lowest BCUT2D eigenvalue weighted by Gasteiger charge is -2.30. The zero-order valence-corrected chi connectivity index (χ0v) is 9.05. The van der Waals surface area contributed by atoms with Crippen molar-refractivity contribution in [3.8, 4) is 0 Å². The third kappa shape index (κ3) is 4.07. The van der Waals surface area contributed by atoms with Crippen molar-refractivity contribution in [1.82, 2.24) is 10.2 Å². The molecule has 0 aromatic rings. The normalized spacial score (nSPS) is 23.3. The summed E-state index contributed by atoms with van der Waals surface area (Å²) < 4.78 is 5.89. The third-order valence-electron chi connectivity index (χ3n) is 2.58. The molecule has 1 aliphatic rings. The summed E-state index contributed by atoms with van der Waals surface area (Å²) in [6, 6.07) is 0. The molecule has 0 amide bonds. The molecule has 1 N–H and O–H groups in total. The van der Waals surface area contributed by atoms with E-state index in [9.17, 15) is 0 Å². The molecule has 0 aromatic heterocycles. The maximum Gasteiger partial charge on any atom is 0.0675 e. The van der Waals surface area contributed by atoms with Gasteiger partial charge in [-0.25, -0.2) is 0 Å². The number of likely N-dealkylation sites (N-methyl/N-ethyl adjacent to an activating group) is 1. The van der Waals surface area contributed by atoms with Crippen LogP contribution in [0.15, 0.2) is 0 Å². The fourth-order valence-corrected chi connectivity index (χ4v) is 1.79. The summed E-state index contributed by atoms with van der Waals surface area (Å²) in [5.41, 5.74) is 0. The molecule has 1 unspecified atom stereocenters. The smallest absolute Gasteiger partial charge is 0.0675 e. The molecule has 13 heavy (non-hydrogen) atoms. The average molecular weight is 186 g/mol. The molecule has 1 heterocycles. The highest BCUT2D eigenvalue weighted by Crippen LogP contribution is 2.13. The van der Waals surface area contributed by atoms with Crippen molar-refractivity contribution in [3.05, 3.63) is 0 Å². The van der Waals surface area contributed by atoms with E-state index < -0.39 is 0 Å². The summed E-state index contributed by atoms with van der Waals surface area (Å²) in [4.78, 5) is 2.36. The van der Waals surface area contributed by atoms with Crippen LogP contribution in [0.25, 0.3) is 0 Å². The topological polar surface area (TPSA) is 24.5 Å². The second-order valence-electron chi connectivity index (χ2n) is 4.01. The minimum absolute atomic E-state index is 0.346. The highest BCUT2D eigenvalue weighted by atomic mass is 16.5. The summed E-state index contributed by atoms with van der Waals surface area (Å²) in [6.07, 6.45) is 3.20. The van der Waals surface area contributed by atoms with E-state index in [0.29, 0.717) is 12.2 Å². The first-order valence-electron chi connectivity index (χ1n) is 5.21. The van der Waals surface area contributed by atoms with Gasteiger partial charge in [-0.15, -0.1) is 0 Å². The summed E-state index contributed by atoms with van der Waals surface area (Å²) in [5, 5.41) is 3.13. The van der Waals surface area contributed by atoms with E-state index >= 15 is 0 Å². The molecule has 0 saturated carbocycles. The lowest BCUT2D eigenvalue weighted by molar-refractivity contribution is -0.0297. The fraction of sp³-hybridized carbons (Fsp3) is 1.00. The van der Waals surface area contributed by atoms with Crippen LogP contribution in [0.3, 0.4) is 0 Å². The van der Waals surface area contributed by atoms with E-state index in [1.807, 2.05) is 7.05 Å². The van der Waals surface area contributed by atoms with E-state index in [-0.39, 0.29) is 0 Å². The van der Waals surface area contributed by atoms with Crippen molar-refractivity contribution in [2.24, 2.45) is 0 Å². The summed E-state index contributed by atoms with van der Waals surface area (Å²) in [6.45, 7) is 5.44. The van der Waals surface area contributed by atoms with Gasteiger partial charge in [0.05, 0.1) is 12.2 Å². The van der Waals surface area contributed by atoms with Gasteiger partial charge in [0, 0.05) is 19.6 Å². The molecule has 0 radical (unpaired) electrons. The molecule has 0 bridgehead atoms. The van der Waals surface area contributed by atoms with E-state index in [2.05, 4.69) is 24.2 Å². The first-order chi connectivity index (χ1) is 6.22. The van der Waals surface area contributed by atoms with Gasteiger partial charge in [0.2, 0.25) is 0 Å². The van der Waals surface area contributed by atoms with Crippen LogP contribution in [0.1, 0.15) is 19.8 Å². The molecule has 78 valence electrons. The second-order valence-corrected chi connectivity index (χ2v) is 4.01. The van der Waals surface area contributed by atoms with Crippen LogP contribution in [0.4, 0.5) is 0 Å². The van der Waals surface area contributed by atoms with Gasteiger partial charge in [-0.2, -0.15) is 0 Å². The Labute approximate surface area is 81.4 Å². The molecule has 1 saturated heterocycles. The number of piperidine rings is 1. The van der Waals surface area contributed by atoms with Crippen molar-refractivity contribution in [3.63, 3.8) is 0 Å². The van der Waals surface area contributed by atoms with Gasteiger partial charge in [0.25, 0.3) is 0 Å². The van der Waals surface area contributed by atoms with E-state index in [0.717, 1.165) is 6.54 Å². The standard InChI is InChI=1S/C10H22N2O/c1-9(8-11-2)13-10-4-6-12(3)7-5-10/h9-11H,4-8H2,1-3H3. The summed E-state index contributed by atoms with van der Waals surface area (Å²) in [7, 11) is 4.14. The zero-order valence-electron chi connectivity index (χ0n) is 9.05. The Morgan fingerprint density at radius 1 is 1.46 bits per heavy atom. The Bertz CT molecular complexity index is 133. The maximum atomic E-state index is 5.89. The van der Waals surface area contributed by atoms with Gasteiger partial charge in [-0.3, -0.25) is 0 Å². The van der Waals surface area contributed by atoms with Crippen molar-refractivity contribution in [2.45, 2.75) is 32.0 Å². The van der Waals surface area contributed by atoms with Crippen molar-refractivity contribution in [1.29, 1.82) is 0 Å². The number of nitrogens with one attached hydrogen (secondary N) is 1. The van der Waals surface area contributed by atoms with E-state index in [4.69, 9.17) is 4.74 Å². The van der Waals surface area contributed by atoms with Gasteiger partial charge >= 0.3 is 0 Å². The largest absolute Gasteiger partial charge is 0.374 e. The van der Waals surface area contributed by atoms with Crippen molar-refractivity contribution < 1.29 is 4.74 Å². The molecule has 0 spiro atoms. The number of hydrogen-bond acceptors (Lipinski definition) is 3. The monoisotopic (exact) mass is 186 g/mol. The number of likely N-dealkylation sites (tertiary alicyclic amines) is 1. The van der Waals surface area contributed by atoms with Crippen LogP contribution in [0.2, 0.25) is 0 Å². The van der Waals surface area contributed by atoms with Crippen molar-refractivity contribution in [2.75, 3.05) is 33.7 Å². The number of rotatable bonds is 4. The molecule has 1 atom stereocenters. The molecule has 1 aliphatic heterocycles. The lowest BCUT2D eigenvalue weighted by Crippen LogP contribution is -2.37. The van der Waals surface area contributed by atoms with Gasteiger partial charge in [-0.1, -0.05) is 0 Å². The highest BCUT2D eigenvalue weighted by molar-refractivity contribution is 4.71. The molecule has 0 aliphatic carbocycles. The Kier molecular flexibility index (Phi) is 4.70. The van der Waals surface area contributed by atoms with Crippen LogP contribution in [-0.4, -0.2) is 50.8 Å². The first kappa shape index (κ1) is 11.0. The minimum Gasteiger partial charge on any atom is -0.374 e. The number of hydrogen-bond donors (Lipinski definition) is 1. The Balaban J connectivity index is 2.14. The molecular formula is C10H22N2O. The summed E-state index contributed by atoms with van der Waals surface area (Å²) >= 11 is 0. The van der Waals surface area contributed by atoms with Gasteiger partial charge in [0.1, 0.15) is 0 Å². The number of ether oxygens (including phenoxy) is 1. The Hall–Kier alpha value is -0.120. The van der Waals surface area contributed by atoms with E-state index in [1.54, 1.807) is 0 Å². The van der Waals surface area contributed by atoms with Crippen LogP contribution >= 0.6 is 0 Å². The molecular weight excluding hydrogens is 164 g/mol. The second kappa shape index (κ2) is 5.58. The van der Waals surface area contributed by atoms with E-state index in [1.165, 1.54) is 25.9 Å². The van der Waals surface area contributed by atoms with Crippen LogP contribution in [-0.2, 0) is 4.74 Å². The minimum atomic E-state index is 0.346. The predicted octanol–water partition coefficient (Wildman–Crippen LogP) is 0.705. The Morgan fingerprint density at radius 3 is 2.62 bits per heavy atom. The van der Waals surface area contributed by atoms with Crippen LogP contribution in [0.5, 0.6) is 0 Å².